The number of nitrogens with one attached hydrogen (secondary N) is 1. The fraction of sp³-hybridized carbons (Fsp3) is 0.154. The standard InChI is InChI=1S/C26H24N4OS/c1-18-7-5-8-20(17-18)30-25(24(28-26(30)32)22-9-3-4-15-27-22)23-10-6-16-29(23)19-11-13-21(31-2)14-12-19/h3-17,24-25H,1-2H3,(H,28,32)/t24-,25-/m0/s1. The third-order valence-electron chi connectivity index (χ3n) is 5.81. The van der Waals surface area contributed by atoms with Gasteiger partial charge in [-0.05, 0) is 85.4 Å². The van der Waals surface area contributed by atoms with Crippen LogP contribution < -0.4 is 15.0 Å². The molecule has 0 aliphatic carbocycles. The van der Waals surface area contributed by atoms with Crippen molar-refractivity contribution in [3.05, 3.63) is 108 Å². The van der Waals surface area contributed by atoms with Crippen LogP contribution in [0.25, 0.3) is 5.69 Å². The largest absolute Gasteiger partial charge is 0.497 e. The van der Waals surface area contributed by atoms with Crippen LogP contribution in [0.5, 0.6) is 5.75 Å². The van der Waals surface area contributed by atoms with Gasteiger partial charge in [0.15, 0.2) is 5.11 Å². The molecule has 0 spiro atoms. The normalized spacial score (nSPS) is 17.9. The van der Waals surface area contributed by atoms with E-state index in [1.807, 2.05) is 36.5 Å². The topological polar surface area (TPSA) is 42.3 Å². The van der Waals surface area contributed by atoms with Gasteiger partial charge in [-0.3, -0.25) is 4.98 Å². The Hall–Kier alpha value is -3.64. The molecule has 4 aromatic rings. The Labute approximate surface area is 193 Å². The summed E-state index contributed by atoms with van der Waals surface area (Å²) in [5, 5.41) is 4.23. The Kier molecular flexibility index (Phi) is 5.37. The van der Waals surface area contributed by atoms with E-state index in [4.69, 9.17) is 17.0 Å². The summed E-state index contributed by atoms with van der Waals surface area (Å²) in [6.07, 6.45) is 3.91. The molecule has 1 fully saturated rings. The molecule has 32 heavy (non-hydrogen) atoms. The molecule has 1 saturated heterocycles. The van der Waals surface area contributed by atoms with Crippen LogP contribution in [0, 0.1) is 6.92 Å². The van der Waals surface area contributed by atoms with E-state index in [0.717, 1.165) is 28.5 Å². The number of nitrogens with zero attached hydrogens (tertiary/aromatic N) is 3. The number of rotatable bonds is 5. The first-order chi connectivity index (χ1) is 15.7. The Balaban J connectivity index is 1.65. The van der Waals surface area contributed by atoms with Crippen LogP contribution in [0.4, 0.5) is 5.69 Å². The average Bonchev–Trinajstić information content (AvgIpc) is 3.44. The Morgan fingerprint density at radius 2 is 1.78 bits per heavy atom. The highest BCUT2D eigenvalue weighted by atomic mass is 32.1. The van der Waals surface area contributed by atoms with Crippen molar-refractivity contribution in [2.24, 2.45) is 0 Å². The molecule has 2 aromatic heterocycles. The summed E-state index contributed by atoms with van der Waals surface area (Å²) in [5.74, 6) is 0.832. The highest BCUT2D eigenvalue weighted by Gasteiger charge is 2.42. The number of aryl methyl sites for hydroxylation is 1. The molecule has 2 aromatic carbocycles. The fourth-order valence-electron chi connectivity index (χ4n) is 4.32. The molecule has 1 aliphatic rings. The molecule has 3 heterocycles. The summed E-state index contributed by atoms with van der Waals surface area (Å²) < 4.78 is 7.55. The lowest BCUT2D eigenvalue weighted by molar-refractivity contribution is 0.414. The minimum Gasteiger partial charge on any atom is -0.497 e. The zero-order valence-corrected chi connectivity index (χ0v) is 18.8. The van der Waals surface area contributed by atoms with E-state index in [1.54, 1.807) is 7.11 Å². The lowest BCUT2D eigenvalue weighted by Crippen LogP contribution is -2.30. The van der Waals surface area contributed by atoms with Gasteiger partial charge < -0.3 is 19.5 Å². The third kappa shape index (κ3) is 3.63. The maximum atomic E-state index is 5.85. The summed E-state index contributed by atoms with van der Waals surface area (Å²) in [6, 6.07) is 26.6. The molecular weight excluding hydrogens is 416 g/mol. The van der Waals surface area contributed by atoms with Crippen molar-refractivity contribution >= 4 is 23.0 Å². The third-order valence-corrected chi connectivity index (χ3v) is 6.13. The summed E-state index contributed by atoms with van der Waals surface area (Å²) in [6.45, 7) is 2.10. The van der Waals surface area contributed by atoms with Crippen molar-refractivity contribution < 1.29 is 4.74 Å². The van der Waals surface area contributed by atoms with Gasteiger partial charge >= 0.3 is 0 Å². The first kappa shape index (κ1) is 20.3. The van der Waals surface area contributed by atoms with Crippen LogP contribution in [0.15, 0.2) is 91.3 Å². The van der Waals surface area contributed by atoms with E-state index in [1.165, 1.54) is 5.56 Å². The van der Waals surface area contributed by atoms with Gasteiger partial charge in [0.2, 0.25) is 0 Å². The van der Waals surface area contributed by atoms with E-state index < -0.39 is 0 Å². The predicted molar refractivity (Wildman–Crippen MR) is 131 cm³/mol. The second-order valence-electron chi connectivity index (χ2n) is 7.84. The molecule has 6 heteroatoms. The molecule has 0 unspecified atom stereocenters. The van der Waals surface area contributed by atoms with Gasteiger partial charge in [-0.25, -0.2) is 0 Å². The lowest BCUT2D eigenvalue weighted by Gasteiger charge is -2.29. The number of pyridine rings is 1. The number of aromatic nitrogens is 2. The maximum Gasteiger partial charge on any atom is 0.174 e. The maximum absolute atomic E-state index is 5.85. The number of benzene rings is 2. The summed E-state index contributed by atoms with van der Waals surface area (Å²) in [4.78, 5) is 6.86. The molecule has 1 aliphatic heterocycles. The van der Waals surface area contributed by atoms with Gasteiger partial charge in [0.1, 0.15) is 11.8 Å². The van der Waals surface area contributed by atoms with Crippen LogP contribution in [0.3, 0.4) is 0 Å². The Morgan fingerprint density at radius 3 is 2.50 bits per heavy atom. The summed E-state index contributed by atoms with van der Waals surface area (Å²) in [7, 11) is 1.68. The van der Waals surface area contributed by atoms with E-state index in [0.29, 0.717) is 5.11 Å². The Bertz CT molecular complexity index is 1240. The number of ether oxygens (including phenoxy) is 1. The van der Waals surface area contributed by atoms with Gasteiger partial charge in [0.25, 0.3) is 0 Å². The number of thiocarbonyl (C=S) groups is 1. The minimum absolute atomic E-state index is 0.0729. The molecular formula is C26H24N4OS. The van der Waals surface area contributed by atoms with E-state index in [9.17, 15) is 0 Å². The fourth-order valence-corrected chi connectivity index (χ4v) is 4.67. The first-order valence-electron chi connectivity index (χ1n) is 10.5. The molecule has 5 rings (SSSR count). The number of hydrogen-bond acceptors (Lipinski definition) is 3. The number of methoxy groups -OCH3 is 1. The molecule has 1 N–H and O–H groups in total. The molecule has 0 radical (unpaired) electrons. The van der Waals surface area contributed by atoms with Crippen LogP contribution in [0.2, 0.25) is 0 Å². The second kappa shape index (κ2) is 8.48. The molecule has 0 amide bonds. The number of anilines is 1. The van der Waals surface area contributed by atoms with Crippen LogP contribution in [-0.4, -0.2) is 21.8 Å². The van der Waals surface area contributed by atoms with Gasteiger partial charge in [0.05, 0.1) is 18.8 Å². The molecule has 0 saturated carbocycles. The molecule has 160 valence electrons. The van der Waals surface area contributed by atoms with Gasteiger partial charge in [0, 0.05) is 29.5 Å². The summed E-state index contributed by atoms with van der Waals surface area (Å²) in [5.41, 5.74) is 5.40. The average molecular weight is 441 g/mol. The van der Waals surface area contributed by atoms with Crippen molar-refractivity contribution in [3.8, 4) is 11.4 Å². The van der Waals surface area contributed by atoms with Crippen LogP contribution in [-0.2, 0) is 0 Å². The SMILES string of the molecule is COc1ccc(-n2cccc2[C@H]2[C@H](c3ccccn3)NC(=S)N2c2cccc(C)c2)cc1. The summed E-state index contributed by atoms with van der Waals surface area (Å²) >= 11 is 5.85. The zero-order chi connectivity index (χ0) is 22.1. The van der Waals surface area contributed by atoms with Gasteiger partial charge in [-0.15, -0.1) is 0 Å². The van der Waals surface area contributed by atoms with Crippen LogP contribution >= 0.6 is 12.2 Å². The minimum atomic E-state index is -0.0869. The quantitative estimate of drug-likeness (QED) is 0.423. The van der Waals surface area contributed by atoms with Gasteiger partial charge in [-0.1, -0.05) is 18.2 Å². The predicted octanol–water partition coefficient (Wildman–Crippen LogP) is 5.37. The van der Waals surface area contributed by atoms with Crippen molar-refractivity contribution in [2.45, 2.75) is 19.0 Å². The molecule has 0 bridgehead atoms. The van der Waals surface area contributed by atoms with Crippen molar-refractivity contribution in [2.75, 3.05) is 12.0 Å². The highest BCUT2D eigenvalue weighted by molar-refractivity contribution is 7.80. The van der Waals surface area contributed by atoms with E-state index >= 15 is 0 Å². The monoisotopic (exact) mass is 440 g/mol. The van der Waals surface area contributed by atoms with Crippen molar-refractivity contribution in [1.29, 1.82) is 0 Å². The second-order valence-corrected chi connectivity index (χ2v) is 8.22. The Morgan fingerprint density at radius 1 is 0.938 bits per heavy atom. The smallest absolute Gasteiger partial charge is 0.174 e. The number of hydrogen-bond donors (Lipinski definition) is 1. The van der Waals surface area contributed by atoms with Crippen molar-refractivity contribution in [1.82, 2.24) is 14.9 Å². The van der Waals surface area contributed by atoms with E-state index in [-0.39, 0.29) is 12.1 Å². The lowest BCUT2D eigenvalue weighted by atomic mass is 10.0. The first-order valence-corrected chi connectivity index (χ1v) is 11.0. The molecule has 2 atom stereocenters. The van der Waals surface area contributed by atoms with Gasteiger partial charge in [-0.2, -0.15) is 0 Å². The van der Waals surface area contributed by atoms with Crippen LogP contribution in [0.1, 0.15) is 29.0 Å². The highest BCUT2D eigenvalue weighted by Crippen LogP contribution is 2.42. The van der Waals surface area contributed by atoms with Crippen molar-refractivity contribution in [3.63, 3.8) is 0 Å². The molecule has 5 nitrogen and oxygen atoms in total. The van der Waals surface area contributed by atoms with E-state index in [2.05, 4.69) is 81.4 Å². The zero-order valence-electron chi connectivity index (χ0n) is 18.0.